The predicted octanol–water partition coefficient (Wildman–Crippen LogP) is 3.74. The molecule has 10 nitrogen and oxygen atoms in total. The van der Waals surface area contributed by atoms with Gasteiger partial charge in [-0.15, -0.1) is 0 Å². The number of halogens is 2. The first-order valence-corrected chi connectivity index (χ1v) is 10.9. The minimum Gasteiger partial charge on any atom is -0.456 e. The highest BCUT2D eigenvalue weighted by molar-refractivity contribution is 6.32. The number of aryl methyl sites for hydroxylation is 1. The summed E-state index contributed by atoms with van der Waals surface area (Å²) in [5, 5.41) is 6.61. The van der Waals surface area contributed by atoms with Crippen LogP contribution in [-0.2, 0) is 11.8 Å². The van der Waals surface area contributed by atoms with Gasteiger partial charge in [0, 0.05) is 50.2 Å². The molecule has 0 spiro atoms. The van der Waals surface area contributed by atoms with Crippen LogP contribution < -0.4 is 10.1 Å². The molecule has 2 fully saturated rings. The number of anilines is 1. The molecule has 5 rings (SSSR count). The molecule has 4 amide bonds. The minimum atomic E-state index is -0.759. The van der Waals surface area contributed by atoms with Crippen LogP contribution in [0.3, 0.4) is 0 Å². The summed E-state index contributed by atoms with van der Waals surface area (Å²) in [7, 11) is 1.80. The molecule has 0 aliphatic carbocycles. The van der Waals surface area contributed by atoms with Gasteiger partial charge in [0.15, 0.2) is 5.82 Å². The van der Waals surface area contributed by atoms with E-state index in [9.17, 15) is 14.0 Å². The van der Waals surface area contributed by atoms with Crippen LogP contribution in [0.5, 0.6) is 11.5 Å². The Hall–Kier alpha value is -3.70. The van der Waals surface area contributed by atoms with Crippen LogP contribution in [0.25, 0.3) is 11.3 Å². The van der Waals surface area contributed by atoms with E-state index in [1.807, 2.05) is 0 Å². The second kappa shape index (κ2) is 8.92. The molecule has 2 aliphatic rings. The Morgan fingerprint density at radius 3 is 2.82 bits per heavy atom. The lowest BCUT2D eigenvalue weighted by Gasteiger charge is -2.33. The number of aromatic nitrogens is 3. The summed E-state index contributed by atoms with van der Waals surface area (Å²) in [6, 6.07) is 4.42. The number of nitrogens with one attached hydrogen (secondary N) is 1. The van der Waals surface area contributed by atoms with Gasteiger partial charge in [-0.1, -0.05) is 11.6 Å². The lowest BCUT2D eigenvalue weighted by atomic mass is 10.2. The number of rotatable bonds is 5. The van der Waals surface area contributed by atoms with E-state index >= 15 is 0 Å². The Morgan fingerprint density at radius 2 is 2.12 bits per heavy atom. The first kappa shape index (κ1) is 22.1. The van der Waals surface area contributed by atoms with Crippen molar-refractivity contribution < 1.29 is 23.5 Å². The molecule has 12 heteroatoms. The number of benzene rings is 1. The quantitative estimate of drug-likeness (QED) is 0.589. The molecule has 0 saturated carbocycles. The van der Waals surface area contributed by atoms with Gasteiger partial charge >= 0.3 is 12.1 Å². The van der Waals surface area contributed by atoms with Crippen LogP contribution in [0.2, 0.25) is 5.02 Å². The molecule has 34 heavy (non-hydrogen) atoms. The molecule has 0 radical (unpaired) electrons. The van der Waals surface area contributed by atoms with Gasteiger partial charge in [0.25, 0.3) is 0 Å². The smallest absolute Gasteiger partial charge is 0.330 e. The van der Waals surface area contributed by atoms with Gasteiger partial charge in [0.1, 0.15) is 11.5 Å². The average Bonchev–Trinajstić information content (AvgIpc) is 3.37. The van der Waals surface area contributed by atoms with Gasteiger partial charge < -0.3 is 19.7 Å². The number of pyridine rings is 1. The van der Waals surface area contributed by atoms with E-state index in [2.05, 4.69) is 15.4 Å². The van der Waals surface area contributed by atoms with E-state index < -0.39 is 17.9 Å². The van der Waals surface area contributed by atoms with Crippen LogP contribution in [0.4, 0.5) is 19.7 Å². The summed E-state index contributed by atoms with van der Waals surface area (Å²) in [6.07, 6.45) is 5.03. The normalized spacial score (nSPS) is 16.0. The number of nitrogens with zero attached hydrogens (tertiary/aromatic N) is 5. The summed E-state index contributed by atoms with van der Waals surface area (Å²) in [4.78, 5) is 32.0. The number of hydrogen-bond donors (Lipinski definition) is 1. The van der Waals surface area contributed by atoms with Crippen molar-refractivity contribution in [2.75, 3.05) is 31.6 Å². The Balaban J connectivity index is 1.28. The van der Waals surface area contributed by atoms with E-state index in [1.54, 1.807) is 47.4 Å². The van der Waals surface area contributed by atoms with Crippen molar-refractivity contribution in [1.29, 1.82) is 0 Å². The van der Waals surface area contributed by atoms with E-state index in [-0.39, 0.29) is 29.0 Å². The first-order valence-electron chi connectivity index (χ1n) is 10.5. The molecule has 2 aliphatic heterocycles. The number of imide groups is 1. The van der Waals surface area contributed by atoms with Crippen molar-refractivity contribution in [1.82, 2.24) is 24.6 Å². The Kier molecular flexibility index (Phi) is 5.80. The summed E-state index contributed by atoms with van der Waals surface area (Å²) in [6.45, 7) is 1.52. The second-order valence-corrected chi connectivity index (χ2v) is 8.30. The van der Waals surface area contributed by atoms with Crippen molar-refractivity contribution in [3.05, 3.63) is 53.7 Å². The van der Waals surface area contributed by atoms with E-state index in [4.69, 9.17) is 21.1 Å². The standard InChI is InChI=1S/C22H20ClFN6O4/c1-28-10-13(9-26-28)18-6-15(2-3-25-18)34-20-8-17(24)19(7-16(20)23)27-21(31)30-5-4-29(22(30)32)14-11-33-12-14/h2-3,6-10,14H,4-5,11-12H2,1H3,(H,27,31). The maximum absolute atomic E-state index is 14.8. The van der Waals surface area contributed by atoms with E-state index in [0.717, 1.165) is 16.5 Å². The zero-order chi connectivity index (χ0) is 23.8. The van der Waals surface area contributed by atoms with Crippen molar-refractivity contribution in [3.63, 3.8) is 0 Å². The number of carbonyl (C=O) groups is 2. The topological polar surface area (TPSA) is 102 Å². The SMILES string of the molecule is Cn1cc(-c2cc(Oc3cc(F)c(NC(=O)N4CCN(C5COC5)C4=O)cc3Cl)ccn2)cn1. The number of urea groups is 2. The second-order valence-electron chi connectivity index (χ2n) is 7.89. The predicted molar refractivity (Wildman–Crippen MR) is 120 cm³/mol. The fourth-order valence-electron chi connectivity index (χ4n) is 3.68. The van der Waals surface area contributed by atoms with Gasteiger partial charge in [0.05, 0.1) is 41.9 Å². The summed E-state index contributed by atoms with van der Waals surface area (Å²) in [5.41, 5.74) is 1.26. The Labute approximate surface area is 198 Å². The number of amides is 4. The van der Waals surface area contributed by atoms with Crippen LogP contribution >= 0.6 is 11.6 Å². The molecule has 3 aromatic rings. The van der Waals surface area contributed by atoms with Gasteiger partial charge in [-0.05, 0) is 12.1 Å². The first-order chi connectivity index (χ1) is 16.4. The van der Waals surface area contributed by atoms with E-state index in [0.29, 0.717) is 31.2 Å². The number of ether oxygens (including phenoxy) is 2. The van der Waals surface area contributed by atoms with E-state index in [1.165, 1.54) is 6.07 Å². The molecular formula is C22H20ClFN6O4. The van der Waals surface area contributed by atoms with Crippen molar-refractivity contribution in [2.45, 2.75) is 6.04 Å². The monoisotopic (exact) mass is 486 g/mol. The van der Waals surface area contributed by atoms with Crippen LogP contribution in [0.15, 0.2) is 42.9 Å². The molecule has 0 unspecified atom stereocenters. The zero-order valence-corrected chi connectivity index (χ0v) is 18.8. The fourth-order valence-corrected chi connectivity index (χ4v) is 3.88. The Bertz CT molecular complexity index is 1260. The van der Waals surface area contributed by atoms with Gasteiger partial charge in [0.2, 0.25) is 0 Å². The van der Waals surface area contributed by atoms with Crippen LogP contribution in [-0.4, -0.2) is 69.0 Å². The highest BCUT2D eigenvalue weighted by Crippen LogP contribution is 2.35. The highest BCUT2D eigenvalue weighted by Gasteiger charge is 2.40. The van der Waals surface area contributed by atoms with Gasteiger partial charge in [-0.25, -0.2) is 18.9 Å². The average molecular weight is 487 g/mol. The molecular weight excluding hydrogens is 467 g/mol. The lowest BCUT2D eigenvalue weighted by molar-refractivity contribution is -0.0439. The number of carbonyl (C=O) groups excluding carboxylic acids is 2. The fraction of sp³-hybridized carbons (Fsp3) is 0.273. The molecule has 1 aromatic carbocycles. The molecule has 2 aromatic heterocycles. The van der Waals surface area contributed by atoms with Gasteiger partial charge in [-0.2, -0.15) is 5.10 Å². The van der Waals surface area contributed by atoms with Crippen molar-refractivity contribution in [2.24, 2.45) is 7.05 Å². The van der Waals surface area contributed by atoms with Gasteiger partial charge in [-0.3, -0.25) is 9.67 Å². The summed E-state index contributed by atoms with van der Waals surface area (Å²) < 4.78 is 27.3. The lowest BCUT2D eigenvalue weighted by Crippen LogP contribution is -2.51. The molecule has 1 N–H and O–H groups in total. The molecule has 2 saturated heterocycles. The third-order valence-electron chi connectivity index (χ3n) is 5.57. The third kappa shape index (κ3) is 4.27. The maximum atomic E-state index is 14.8. The maximum Gasteiger partial charge on any atom is 0.330 e. The third-order valence-corrected chi connectivity index (χ3v) is 5.87. The summed E-state index contributed by atoms with van der Waals surface area (Å²) in [5.74, 6) is -0.297. The largest absolute Gasteiger partial charge is 0.456 e. The summed E-state index contributed by atoms with van der Waals surface area (Å²) >= 11 is 6.30. The van der Waals surface area contributed by atoms with Crippen molar-refractivity contribution >= 4 is 29.4 Å². The minimum absolute atomic E-state index is 0.0280. The molecule has 4 heterocycles. The molecule has 0 bridgehead atoms. The van der Waals surface area contributed by atoms with Crippen LogP contribution in [0.1, 0.15) is 0 Å². The van der Waals surface area contributed by atoms with Crippen LogP contribution in [0, 0.1) is 5.82 Å². The van der Waals surface area contributed by atoms with Crippen molar-refractivity contribution in [3.8, 4) is 22.8 Å². The zero-order valence-electron chi connectivity index (χ0n) is 18.1. The Morgan fingerprint density at radius 1 is 1.29 bits per heavy atom. The highest BCUT2D eigenvalue weighted by atomic mass is 35.5. The molecule has 176 valence electrons. The number of hydrogen-bond acceptors (Lipinski definition) is 6. The molecule has 0 atom stereocenters.